The molecule has 98 valence electrons. The summed E-state index contributed by atoms with van der Waals surface area (Å²) in [6.45, 7) is -0.269. The highest BCUT2D eigenvalue weighted by molar-refractivity contribution is 7.97. The summed E-state index contributed by atoms with van der Waals surface area (Å²) in [5.41, 5.74) is 1.33. The Labute approximate surface area is 107 Å². The highest BCUT2D eigenvalue weighted by atomic mass is 32.2. The fourth-order valence-electron chi connectivity index (χ4n) is 0.884. The number of carbonyl (C=O) groups is 1. The molecule has 0 aromatic heterocycles. The number of carboxylic acid groups (broad SMARTS) is 1. The third kappa shape index (κ3) is 7.53. The molecular formula is C10H11FN2O4S. The van der Waals surface area contributed by atoms with E-state index in [9.17, 15) is 9.28 Å². The standard InChI is InChI=1S/C9H11FN2O2S.CO2/c10-11-6-8(9(13)14)12-15-7-4-2-1-3-5-7;2-1-3/h1-5,8,11-12H,6H2,(H,13,14);. The normalized spacial score (nSPS) is 10.7. The van der Waals surface area contributed by atoms with E-state index < -0.39 is 12.0 Å². The van der Waals surface area contributed by atoms with Gasteiger partial charge in [0, 0.05) is 4.90 Å². The van der Waals surface area contributed by atoms with Crippen LogP contribution in [0.15, 0.2) is 35.2 Å². The number of benzene rings is 1. The van der Waals surface area contributed by atoms with Crippen molar-refractivity contribution in [3.05, 3.63) is 30.3 Å². The molecule has 8 heteroatoms. The van der Waals surface area contributed by atoms with Crippen LogP contribution in [0.5, 0.6) is 0 Å². The molecule has 0 saturated carbocycles. The second kappa shape index (κ2) is 10.4. The van der Waals surface area contributed by atoms with Crippen LogP contribution in [-0.4, -0.2) is 29.8 Å². The summed E-state index contributed by atoms with van der Waals surface area (Å²) >= 11 is 1.16. The zero-order valence-corrected chi connectivity index (χ0v) is 9.95. The molecule has 18 heavy (non-hydrogen) atoms. The molecule has 0 fully saturated rings. The van der Waals surface area contributed by atoms with Crippen molar-refractivity contribution in [2.45, 2.75) is 10.9 Å². The molecule has 1 aromatic rings. The second-order valence-corrected chi connectivity index (χ2v) is 3.76. The molecule has 6 nitrogen and oxygen atoms in total. The largest absolute Gasteiger partial charge is 0.480 e. The van der Waals surface area contributed by atoms with Crippen molar-refractivity contribution in [1.29, 1.82) is 0 Å². The molecule has 0 saturated heterocycles. The zero-order chi connectivity index (χ0) is 13.8. The van der Waals surface area contributed by atoms with E-state index in [-0.39, 0.29) is 12.7 Å². The van der Waals surface area contributed by atoms with Gasteiger partial charge in [-0.2, -0.15) is 15.1 Å². The minimum atomic E-state index is -1.09. The van der Waals surface area contributed by atoms with Gasteiger partial charge in [0.2, 0.25) is 0 Å². The van der Waals surface area contributed by atoms with Gasteiger partial charge in [-0.1, -0.05) is 18.2 Å². The van der Waals surface area contributed by atoms with Crippen molar-refractivity contribution in [2.24, 2.45) is 0 Å². The van der Waals surface area contributed by atoms with E-state index >= 15 is 0 Å². The fraction of sp³-hybridized carbons (Fsp3) is 0.200. The average molecular weight is 274 g/mol. The molecule has 1 atom stereocenters. The van der Waals surface area contributed by atoms with Crippen LogP contribution in [0.3, 0.4) is 0 Å². The van der Waals surface area contributed by atoms with Gasteiger partial charge < -0.3 is 5.11 Å². The molecule has 0 bridgehead atoms. The summed E-state index contributed by atoms with van der Waals surface area (Å²) in [4.78, 5) is 27.8. The third-order valence-corrected chi connectivity index (χ3v) is 2.55. The highest BCUT2D eigenvalue weighted by Gasteiger charge is 2.16. The van der Waals surface area contributed by atoms with Gasteiger partial charge in [-0.3, -0.25) is 4.79 Å². The SMILES string of the molecule is O=C(O)C(CNF)NSc1ccccc1.O=C=O. The number of carboxylic acids is 1. The summed E-state index contributed by atoms with van der Waals surface area (Å²) in [6, 6.07) is 8.25. The summed E-state index contributed by atoms with van der Waals surface area (Å²) in [6.07, 6.45) is 0.250. The van der Waals surface area contributed by atoms with Crippen molar-refractivity contribution < 1.29 is 24.0 Å². The van der Waals surface area contributed by atoms with E-state index in [1.165, 1.54) is 5.54 Å². The van der Waals surface area contributed by atoms with Crippen LogP contribution in [0.2, 0.25) is 0 Å². The molecule has 1 unspecified atom stereocenters. The molecule has 0 spiro atoms. The Morgan fingerprint density at radius 1 is 1.39 bits per heavy atom. The average Bonchev–Trinajstić information content (AvgIpc) is 2.36. The lowest BCUT2D eigenvalue weighted by atomic mass is 10.3. The second-order valence-electron chi connectivity index (χ2n) is 2.84. The van der Waals surface area contributed by atoms with Crippen LogP contribution in [0.25, 0.3) is 0 Å². The van der Waals surface area contributed by atoms with Crippen molar-refractivity contribution in [2.75, 3.05) is 6.54 Å². The third-order valence-electron chi connectivity index (χ3n) is 1.64. The molecule has 0 radical (unpaired) electrons. The Hall–Kier alpha value is -1.73. The zero-order valence-electron chi connectivity index (χ0n) is 9.13. The summed E-state index contributed by atoms with van der Waals surface area (Å²) < 4.78 is 14.4. The molecule has 0 aliphatic heterocycles. The molecule has 1 rings (SSSR count). The number of hydrogen-bond acceptors (Lipinski definition) is 6. The van der Waals surface area contributed by atoms with E-state index in [1.54, 1.807) is 0 Å². The first kappa shape index (κ1) is 16.3. The molecule has 0 aliphatic carbocycles. The first-order chi connectivity index (χ1) is 8.65. The Morgan fingerprint density at radius 2 is 1.94 bits per heavy atom. The Balaban J connectivity index is 0.000000873. The predicted octanol–water partition coefficient (Wildman–Crippen LogP) is 0.627. The summed E-state index contributed by atoms with van der Waals surface area (Å²) in [7, 11) is 0. The van der Waals surface area contributed by atoms with Gasteiger partial charge in [-0.05, 0) is 24.1 Å². The van der Waals surface area contributed by atoms with E-state index in [4.69, 9.17) is 14.7 Å². The van der Waals surface area contributed by atoms with Crippen molar-refractivity contribution in [3.63, 3.8) is 0 Å². The van der Waals surface area contributed by atoms with E-state index in [0.29, 0.717) is 0 Å². The molecule has 3 N–H and O–H groups in total. The minimum absolute atomic E-state index is 0.250. The van der Waals surface area contributed by atoms with Crippen LogP contribution in [0, 0.1) is 0 Å². The minimum Gasteiger partial charge on any atom is -0.480 e. The quantitative estimate of drug-likeness (QED) is 0.517. The van der Waals surface area contributed by atoms with E-state index in [2.05, 4.69) is 4.72 Å². The lowest BCUT2D eigenvalue weighted by Crippen LogP contribution is -2.39. The van der Waals surface area contributed by atoms with Crippen LogP contribution >= 0.6 is 11.9 Å². The highest BCUT2D eigenvalue weighted by Crippen LogP contribution is 2.13. The topological polar surface area (TPSA) is 95.5 Å². The lowest BCUT2D eigenvalue weighted by molar-refractivity contribution is -0.191. The summed E-state index contributed by atoms with van der Waals surface area (Å²) in [5.74, 6) is -1.09. The van der Waals surface area contributed by atoms with Gasteiger partial charge >= 0.3 is 12.1 Å². The lowest BCUT2D eigenvalue weighted by Gasteiger charge is -2.11. The molecule has 0 aliphatic rings. The number of rotatable bonds is 6. The monoisotopic (exact) mass is 274 g/mol. The Kier molecular flexibility index (Phi) is 9.42. The molecule has 1 aromatic carbocycles. The van der Waals surface area contributed by atoms with Gasteiger partial charge in [-0.15, -0.1) is 4.48 Å². The predicted molar refractivity (Wildman–Crippen MR) is 61.0 cm³/mol. The smallest absolute Gasteiger partial charge is 0.373 e. The molecule has 0 amide bonds. The van der Waals surface area contributed by atoms with Gasteiger partial charge in [0.15, 0.2) is 0 Å². The number of halogens is 1. The molecule has 0 heterocycles. The first-order valence-electron chi connectivity index (χ1n) is 4.68. The maximum Gasteiger partial charge on any atom is 0.373 e. The number of hydrogen-bond donors (Lipinski definition) is 3. The molecular weight excluding hydrogens is 263 g/mol. The summed E-state index contributed by atoms with van der Waals surface area (Å²) in [5, 5.41) is 8.70. The first-order valence-corrected chi connectivity index (χ1v) is 5.50. The van der Waals surface area contributed by atoms with Crippen LogP contribution in [0.4, 0.5) is 4.48 Å². The maximum absolute atomic E-state index is 11.8. The van der Waals surface area contributed by atoms with Gasteiger partial charge in [0.25, 0.3) is 0 Å². The van der Waals surface area contributed by atoms with Crippen molar-refractivity contribution in [1.82, 2.24) is 10.3 Å². The Bertz CT molecular complexity index is 385. The number of carbonyl (C=O) groups excluding carboxylic acids is 2. The van der Waals surface area contributed by atoms with E-state index in [1.807, 2.05) is 30.3 Å². The Morgan fingerprint density at radius 3 is 2.39 bits per heavy atom. The van der Waals surface area contributed by atoms with Crippen LogP contribution in [0.1, 0.15) is 0 Å². The van der Waals surface area contributed by atoms with Crippen LogP contribution in [-0.2, 0) is 14.4 Å². The van der Waals surface area contributed by atoms with Gasteiger partial charge in [-0.25, -0.2) is 4.72 Å². The fourth-order valence-corrected chi connectivity index (χ4v) is 1.64. The van der Waals surface area contributed by atoms with Gasteiger partial charge in [0.1, 0.15) is 6.04 Å². The van der Waals surface area contributed by atoms with Gasteiger partial charge in [0.05, 0.1) is 6.54 Å². The maximum atomic E-state index is 11.8. The van der Waals surface area contributed by atoms with Crippen molar-refractivity contribution >= 4 is 24.1 Å². The van der Waals surface area contributed by atoms with Crippen LogP contribution < -0.4 is 10.3 Å². The van der Waals surface area contributed by atoms with Crippen molar-refractivity contribution in [3.8, 4) is 0 Å². The number of nitrogens with one attached hydrogen (secondary N) is 2. The van der Waals surface area contributed by atoms with E-state index in [0.717, 1.165) is 16.8 Å². The number of aliphatic carboxylic acids is 1.